The van der Waals surface area contributed by atoms with Crippen LogP contribution in [0.25, 0.3) is 5.69 Å². The van der Waals surface area contributed by atoms with Gasteiger partial charge >= 0.3 is 5.97 Å². The van der Waals surface area contributed by atoms with Gasteiger partial charge in [0.2, 0.25) is 0 Å². The van der Waals surface area contributed by atoms with E-state index in [1.807, 2.05) is 0 Å². The zero-order valence-corrected chi connectivity index (χ0v) is 13.3. The number of anilines is 1. The molecule has 0 aliphatic heterocycles. The third-order valence-corrected chi connectivity index (χ3v) is 4.30. The summed E-state index contributed by atoms with van der Waals surface area (Å²) in [6.45, 7) is 0. The topological polar surface area (TPSA) is 115 Å². The minimum Gasteiger partial charge on any atom is -0.464 e. The molecule has 1 aromatic heterocycles. The molecule has 0 aliphatic carbocycles. The number of carbonyl (C=O) groups excluding carboxylic acids is 1. The highest BCUT2D eigenvalue weighted by Gasteiger charge is 2.26. The first-order valence-corrected chi connectivity index (χ1v) is 8.19. The SMILES string of the molecule is COC(=O)c1c(N)c(C#N)cn1-c1c(F)cc(S(C)(=O)=O)cc1F. The second kappa shape index (κ2) is 5.93. The van der Waals surface area contributed by atoms with E-state index in [1.54, 1.807) is 6.07 Å². The van der Waals surface area contributed by atoms with Crippen LogP contribution >= 0.6 is 0 Å². The fourth-order valence-corrected chi connectivity index (χ4v) is 2.71. The van der Waals surface area contributed by atoms with Crippen molar-refractivity contribution in [2.75, 3.05) is 19.1 Å². The van der Waals surface area contributed by atoms with Crippen LogP contribution in [0.15, 0.2) is 23.2 Å². The fraction of sp³-hybridized carbons (Fsp3) is 0.143. The third-order valence-electron chi connectivity index (χ3n) is 3.20. The molecule has 1 heterocycles. The maximum absolute atomic E-state index is 14.3. The molecule has 10 heteroatoms. The third kappa shape index (κ3) is 2.81. The number of ether oxygens (including phenoxy) is 1. The summed E-state index contributed by atoms with van der Waals surface area (Å²) in [6.07, 6.45) is 1.76. The van der Waals surface area contributed by atoms with Crippen LogP contribution < -0.4 is 5.73 Å². The normalized spacial score (nSPS) is 11.1. The summed E-state index contributed by atoms with van der Waals surface area (Å²) in [7, 11) is -2.81. The first kappa shape index (κ1) is 17.4. The number of hydrogen-bond acceptors (Lipinski definition) is 6. The van der Waals surface area contributed by atoms with Gasteiger partial charge in [0, 0.05) is 12.5 Å². The summed E-state index contributed by atoms with van der Waals surface area (Å²) in [6, 6.07) is 2.90. The molecule has 0 radical (unpaired) electrons. The van der Waals surface area contributed by atoms with Crippen molar-refractivity contribution in [3.63, 3.8) is 0 Å². The Balaban J connectivity index is 2.83. The lowest BCUT2D eigenvalue weighted by Gasteiger charge is -2.11. The molecule has 1 aromatic carbocycles. The predicted molar refractivity (Wildman–Crippen MR) is 79.3 cm³/mol. The fourth-order valence-electron chi connectivity index (χ4n) is 2.08. The molecule has 2 N–H and O–H groups in total. The van der Waals surface area contributed by atoms with Gasteiger partial charge in [0.05, 0.1) is 23.3 Å². The van der Waals surface area contributed by atoms with Gasteiger partial charge in [-0.3, -0.25) is 0 Å². The summed E-state index contributed by atoms with van der Waals surface area (Å²) < 4.78 is 56.7. The number of benzene rings is 1. The standard InChI is InChI=1S/C14H11F2N3O4S/c1-23-14(20)13-11(18)7(5-17)6-19(13)12-9(15)3-8(4-10(12)16)24(2,21)22/h3-4,6H,18H2,1-2H3. The Hall–Kier alpha value is -2.93. The molecule has 2 aromatic rings. The van der Waals surface area contributed by atoms with Crippen molar-refractivity contribution in [2.45, 2.75) is 4.90 Å². The number of carbonyl (C=O) groups is 1. The van der Waals surface area contributed by atoms with Crippen molar-refractivity contribution in [3.05, 3.63) is 41.2 Å². The number of nitrogens with two attached hydrogens (primary N) is 1. The zero-order chi connectivity index (χ0) is 18.2. The number of nitrogen functional groups attached to an aromatic ring is 1. The molecule has 7 nitrogen and oxygen atoms in total. The lowest BCUT2D eigenvalue weighted by molar-refractivity contribution is 0.0593. The Bertz CT molecular complexity index is 967. The summed E-state index contributed by atoms with van der Waals surface area (Å²) >= 11 is 0. The molecule has 0 aliphatic rings. The largest absolute Gasteiger partial charge is 0.464 e. The maximum atomic E-state index is 14.3. The summed E-state index contributed by atoms with van der Waals surface area (Å²) in [5, 5.41) is 8.98. The Morgan fingerprint density at radius 2 is 1.88 bits per heavy atom. The molecule has 0 spiro atoms. The van der Waals surface area contributed by atoms with Gasteiger partial charge in [0.25, 0.3) is 0 Å². The first-order valence-electron chi connectivity index (χ1n) is 6.30. The van der Waals surface area contributed by atoms with E-state index >= 15 is 0 Å². The summed E-state index contributed by atoms with van der Waals surface area (Å²) in [5.74, 6) is -3.51. The number of methoxy groups -OCH3 is 1. The van der Waals surface area contributed by atoms with Crippen LogP contribution in [0.1, 0.15) is 16.1 Å². The molecule has 0 atom stereocenters. The average Bonchev–Trinajstić information content (AvgIpc) is 2.81. The highest BCUT2D eigenvalue weighted by atomic mass is 32.2. The lowest BCUT2D eigenvalue weighted by Crippen LogP contribution is -2.13. The van der Waals surface area contributed by atoms with E-state index in [0.29, 0.717) is 12.1 Å². The molecule has 0 amide bonds. The van der Waals surface area contributed by atoms with Crippen LogP contribution in [0.4, 0.5) is 14.5 Å². The minimum absolute atomic E-state index is 0.193. The van der Waals surface area contributed by atoms with E-state index in [9.17, 15) is 22.0 Å². The number of hydrogen-bond donors (Lipinski definition) is 1. The van der Waals surface area contributed by atoms with Crippen LogP contribution in [-0.4, -0.2) is 32.3 Å². The Morgan fingerprint density at radius 1 is 1.33 bits per heavy atom. The van der Waals surface area contributed by atoms with Gasteiger partial charge in [-0.25, -0.2) is 22.0 Å². The molecule has 0 saturated carbocycles. The zero-order valence-electron chi connectivity index (χ0n) is 12.5. The number of nitriles is 1. The summed E-state index contributed by atoms with van der Waals surface area (Å²) in [5.41, 5.74) is 3.94. The Kier molecular flexibility index (Phi) is 4.31. The molecular weight excluding hydrogens is 344 g/mol. The van der Waals surface area contributed by atoms with Crippen molar-refractivity contribution in [3.8, 4) is 11.8 Å². The molecule has 24 heavy (non-hydrogen) atoms. The molecule has 0 bridgehead atoms. The molecule has 0 saturated heterocycles. The molecular formula is C14H11F2N3O4S. The van der Waals surface area contributed by atoms with Crippen molar-refractivity contribution in [2.24, 2.45) is 0 Å². The highest BCUT2D eigenvalue weighted by molar-refractivity contribution is 7.90. The van der Waals surface area contributed by atoms with Gasteiger partial charge in [-0.2, -0.15) is 5.26 Å². The smallest absolute Gasteiger partial charge is 0.357 e. The van der Waals surface area contributed by atoms with Crippen molar-refractivity contribution < 1.29 is 26.7 Å². The molecule has 0 unspecified atom stereocenters. The maximum Gasteiger partial charge on any atom is 0.357 e. The Labute approximate surface area is 135 Å². The van der Waals surface area contributed by atoms with Crippen LogP contribution in [0.2, 0.25) is 0 Å². The quantitative estimate of drug-likeness (QED) is 0.832. The van der Waals surface area contributed by atoms with Crippen molar-refractivity contribution in [1.29, 1.82) is 5.26 Å². The first-order chi connectivity index (χ1) is 11.1. The van der Waals surface area contributed by atoms with E-state index in [-0.39, 0.29) is 11.3 Å². The van der Waals surface area contributed by atoms with Crippen LogP contribution in [-0.2, 0) is 14.6 Å². The number of rotatable bonds is 3. The Morgan fingerprint density at radius 3 is 2.29 bits per heavy atom. The number of sulfone groups is 1. The van der Waals surface area contributed by atoms with Gasteiger partial charge in [-0.05, 0) is 12.1 Å². The van der Waals surface area contributed by atoms with Gasteiger partial charge in [-0.15, -0.1) is 0 Å². The number of esters is 1. The molecule has 0 fully saturated rings. The monoisotopic (exact) mass is 355 g/mol. The number of aromatic nitrogens is 1. The second-order valence-corrected chi connectivity index (χ2v) is 6.80. The van der Waals surface area contributed by atoms with Crippen LogP contribution in [0.5, 0.6) is 0 Å². The van der Waals surface area contributed by atoms with Crippen LogP contribution in [0, 0.1) is 23.0 Å². The average molecular weight is 355 g/mol. The van der Waals surface area contributed by atoms with Gasteiger partial charge < -0.3 is 15.0 Å². The van der Waals surface area contributed by atoms with Crippen molar-refractivity contribution >= 4 is 21.5 Å². The van der Waals surface area contributed by atoms with Gasteiger partial charge in [0.15, 0.2) is 27.2 Å². The molecule has 126 valence electrons. The van der Waals surface area contributed by atoms with E-state index in [0.717, 1.165) is 24.1 Å². The van der Waals surface area contributed by atoms with E-state index in [1.165, 1.54) is 0 Å². The minimum atomic E-state index is -3.84. The second-order valence-electron chi connectivity index (χ2n) is 4.79. The predicted octanol–water partition coefficient (Wildman–Crippen LogP) is 1.40. The van der Waals surface area contributed by atoms with Crippen LogP contribution in [0.3, 0.4) is 0 Å². The van der Waals surface area contributed by atoms with Gasteiger partial charge in [-0.1, -0.05) is 0 Å². The number of halogens is 2. The lowest BCUT2D eigenvalue weighted by atomic mass is 10.2. The highest BCUT2D eigenvalue weighted by Crippen LogP contribution is 2.29. The van der Waals surface area contributed by atoms with Crippen molar-refractivity contribution in [1.82, 2.24) is 4.57 Å². The molecule has 2 rings (SSSR count). The summed E-state index contributed by atoms with van der Waals surface area (Å²) in [4.78, 5) is 11.3. The van der Waals surface area contributed by atoms with E-state index in [2.05, 4.69) is 4.74 Å². The van der Waals surface area contributed by atoms with E-state index < -0.39 is 43.7 Å². The number of nitrogens with zero attached hydrogens (tertiary/aromatic N) is 2. The van der Waals surface area contributed by atoms with E-state index in [4.69, 9.17) is 11.0 Å². The van der Waals surface area contributed by atoms with Gasteiger partial charge in [0.1, 0.15) is 11.8 Å².